The van der Waals surface area contributed by atoms with Gasteiger partial charge in [0, 0.05) is 12.1 Å². The molecule has 2 aliphatic heterocycles. The molecule has 164 valence electrons. The summed E-state index contributed by atoms with van der Waals surface area (Å²) in [5, 5.41) is 11.0. The number of nitrogens with zero attached hydrogens (tertiary/aromatic N) is 2. The number of carbonyl (C=O) groups excluding carboxylic acids is 3. The van der Waals surface area contributed by atoms with Crippen molar-refractivity contribution in [2.45, 2.75) is 31.9 Å². The maximum Gasteiger partial charge on any atom is 0.338 e. The van der Waals surface area contributed by atoms with E-state index in [9.17, 15) is 24.5 Å². The smallest absolute Gasteiger partial charge is 0.338 e. The minimum absolute atomic E-state index is 0.0160. The number of non-ortho nitro benzene ring substituents is 1. The first-order valence-corrected chi connectivity index (χ1v) is 10.4. The number of amides is 1. The number of ether oxygens (including phenoxy) is 2. The number of hydrogen-bond donors (Lipinski definition) is 1. The number of fused-ring (bicyclic) bond motifs is 1. The molecule has 10 nitrogen and oxygen atoms in total. The van der Waals surface area contributed by atoms with Crippen molar-refractivity contribution in [3.8, 4) is 0 Å². The highest BCUT2D eigenvalue weighted by Crippen LogP contribution is 2.50. The number of nitro benzene ring substituents is 1. The van der Waals surface area contributed by atoms with Crippen molar-refractivity contribution in [3.63, 3.8) is 0 Å². The SMILES string of the molecule is CCOC(=O)C1=C(N)N2C(=O)C(C)SC2=C(C(=O)OCC)C1c1cccc([N+](=O)[O-])c1. The summed E-state index contributed by atoms with van der Waals surface area (Å²) in [6.07, 6.45) is 0. The summed E-state index contributed by atoms with van der Waals surface area (Å²) in [6, 6.07) is 5.55. The third kappa shape index (κ3) is 3.88. The molecule has 11 heteroatoms. The number of rotatable bonds is 6. The first-order valence-electron chi connectivity index (χ1n) is 9.55. The summed E-state index contributed by atoms with van der Waals surface area (Å²) >= 11 is 1.11. The summed E-state index contributed by atoms with van der Waals surface area (Å²) in [6.45, 7) is 4.96. The molecule has 2 aliphatic rings. The molecule has 2 atom stereocenters. The molecule has 1 saturated heterocycles. The summed E-state index contributed by atoms with van der Waals surface area (Å²) in [7, 11) is 0. The van der Waals surface area contributed by atoms with Crippen molar-refractivity contribution in [1.29, 1.82) is 0 Å². The van der Waals surface area contributed by atoms with Gasteiger partial charge in [0.2, 0.25) is 5.91 Å². The molecule has 2 heterocycles. The van der Waals surface area contributed by atoms with Gasteiger partial charge in [0.15, 0.2) is 0 Å². The van der Waals surface area contributed by atoms with Crippen molar-refractivity contribution in [2.75, 3.05) is 13.2 Å². The molecule has 0 aliphatic carbocycles. The predicted octanol–water partition coefficient (Wildman–Crippen LogP) is 2.16. The van der Waals surface area contributed by atoms with Crippen LogP contribution >= 0.6 is 11.8 Å². The Bertz CT molecular complexity index is 1030. The van der Waals surface area contributed by atoms with Gasteiger partial charge in [-0.25, -0.2) is 9.59 Å². The van der Waals surface area contributed by atoms with Crippen molar-refractivity contribution in [1.82, 2.24) is 4.90 Å². The van der Waals surface area contributed by atoms with Gasteiger partial charge < -0.3 is 15.2 Å². The molecule has 0 radical (unpaired) electrons. The summed E-state index contributed by atoms with van der Waals surface area (Å²) < 4.78 is 10.4. The number of benzene rings is 1. The number of nitro groups is 1. The topological polar surface area (TPSA) is 142 Å². The molecule has 1 aromatic carbocycles. The Morgan fingerprint density at radius 2 is 1.81 bits per heavy atom. The van der Waals surface area contributed by atoms with E-state index >= 15 is 0 Å². The van der Waals surface area contributed by atoms with Gasteiger partial charge in [-0.2, -0.15) is 0 Å². The zero-order valence-electron chi connectivity index (χ0n) is 17.1. The third-order valence-corrected chi connectivity index (χ3v) is 5.97. The van der Waals surface area contributed by atoms with Gasteiger partial charge in [0.25, 0.3) is 5.69 Å². The minimum Gasteiger partial charge on any atom is -0.463 e. The highest BCUT2D eigenvalue weighted by atomic mass is 32.2. The predicted molar refractivity (Wildman–Crippen MR) is 111 cm³/mol. The fourth-order valence-corrected chi connectivity index (χ4v) is 4.66. The molecule has 1 amide bonds. The first kappa shape index (κ1) is 22.3. The maximum atomic E-state index is 13.0. The Hall–Kier alpha value is -3.34. The number of hydrogen-bond acceptors (Lipinski definition) is 9. The van der Waals surface area contributed by atoms with Crippen molar-refractivity contribution < 1.29 is 28.8 Å². The van der Waals surface area contributed by atoms with Crippen LogP contribution in [-0.2, 0) is 23.9 Å². The quantitative estimate of drug-likeness (QED) is 0.394. The molecule has 1 aromatic rings. The fourth-order valence-electron chi connectivity index (χ4n) is 3.50. The molecule has 0 spiro atoms. The van der Waals surface area contributed by atoms with Crippen molar-refractivity contribution >= 4 is 35.3 Å². The van der Waals surface area contributed by atoms with Gasteiger partial charge in [-0.3, -0.25) is 19.8 Å². The second-order valence-corrected chi connectivity index (χ2v) is 8.01. The number of nitrogens with two attached hydrogens (primary N) is 1. The van der Waals surface area contributed by atoms with E-state index in [0.717, 1.165) is 16.7 Å². The van der Waals surface area contributed by atoms with Gasteiger partial charge >= 0.3 is 11.9 Å². The lowest BCUT2D eigenvalue weighted by Gasteiger charge is -2.33. The van der Waals surface area contributed by atoms with Crippen LogP contribution in [-0.4, -0.2) is 46.1 Å². The van der Waals surface area contributed by atoms with E-state index in [2.05, 4.69) is 0 Å². The maximum absolute atomic E-state index is 13.0. The van der Waals surface area contributed by atoms with Crippen LogP contribution in [0.5, 0.6) is 0 Å². The molecule has 0 saturated carbocycles. The Morgan fingerprint density at radius 3 is 2.39 bits per heavy atom. The van der Waals surface area contributed by atoms with Crippen LogP contribution in [0.15, 0.2) is 46.3 Å². The van der Waals surface area contributed by atoms with E-state index < -0.39 is 33.9 Å². The highest BCUT2D eigenvalue weighted by molar-refractivity contribution is 8.04. The molecule has 3 rings (SSSR count). The molecule has 0 aromatic heterocycles. The zero-order chi connectivity index (χ0) is 22.9. The van der Waals surface area contributed by atoms with Crippen LogP contribution in [0.3, 0.4) is 0 Å². The molecule has 1 fully saturated rings. The van der Waals surface area contributed by atoms with Gasteiger partial charge in [-0.15, -0.1) is 0 Å². The summed E-state index contributed by atoms with van der Waals surface area (Å²) in [4.78, 5) is 50.5. The molecular weight excluding hydrogens is 426 g/mol. The Labute approximate surface area is 182 Å². The van der Waals surface area contributed by atoms with Crippen molar-refractivity contribution in [2.24, 2.45) is 5.73 Å². The van der Waals surface area contributed by atoms with E-state index in [1.807, 2.05) is 0 Å². The standard InChI is InChI=1S/C20H21N3O7S/c1-4-29-19(25)14-13(11-7-6-8-12(9-11)23(27)28)15(20(26)30-5-2)18-22(16(14)21)17(24)10(3)31-18/h6-10,13H,4-5,21H2,1-3H3. The lowest BCUT2D eigenvalue weighted by molar-refractivity contribution is -0.384. The van der Waals surface area contributed by atoms with Crippen LogP contribution in [0.2, 0.25) is 0 Å². The van der Waals surface area contributed by atoms with E-state index in [-0.39, 0.29) is 46.5 Å². The monoisotopic (exact) mass is 447 g/mol. The van der Waals surface area contributed by atoms with Gasteiger partial charge in [-0.1, -0.05) is 23.9 Å². The largest absolute Gasteiger partial charge is 0.463 e. The van der Waals surface area contributed by atoms with Gasteiger partial charge in [0.05, 0.1) is 45.5 Å². The molecule has 0 bridgehead atoms. The van der Waals surface area contributed by atoms with Crippen LogP contribution < -0.4 is 5.73 Å². The Morgan fingerprint density at radius 1 is 1.19 bits per heavy atom. The van der Waals surface area contributed by atoms with Crippen LogP contribution in [0, 0.1) is 10.1 Å². The first-order chi connectivity index (χ1) is 14.7. The van der Waals surface area contributed by atoms with Crippen LogP contribution in [0.4, 0.5) is 5.69 Å². The zero-order valence-corrected chi connectivity index (χ0v) is 17.9. The lowest BCUT2D eigenvalue weighted by atomic mass is 9.82. The molecule has 2 N–H and O–H groups in total. The lowest BCUT2D eigenvalue weighted by Crippen LogP contribution is -2.40. The van der Waals surface area contributed by atoms with E-state index in [1.54, 1.807) is 26.8 Å². The average Bonchev–Trinajstić information content (AvgIpc) is 3.02. The van der Waals surface area contributed by atoms with Crippen LogP contribution in [0.1, 0.15) is 32.3 Å². The molecular formula is C20H21N3O7S. The molecule has 2 unspecified atom stereocenters. The second kappa shape index (κ2) is 8.80. The van der Waals surface area contributed by atoms with E-state index in [0.29, 0.717) is 0 Å². The van der Waals surface area contributed by atoms with E-state index in [1.165, 1.54) is 18.2 Å². The highest BCUT2D eigenvalue weighted by Gasteiger charge is 2.49. The minimum atomic E-state index is -1.10. The molecule has 31 heavy (non-hydrogen) atoms. The normalized spacial score (nSPS) is 20.6. The number of esters is 2. The third-order valence-electron chi connectivity index (χ3n) is 4.79. The number of thioether (sulfide) groups is 1. The van der Waals surface area contributed by atoms with Gasteiger partial charge in [-0.05, 0) is 26.3 Å². The van der Waals surface area contributed by atoms with Gasteiger partial charge in [0.1, 0.15) is 5.82 Å². The van der Waals surface area contributed by atoms with E-state index in [4.69, 9.17) is 15.2 Å². The second-order valence-electron chi connectivity index (χ2n) is 6.68. The summed E-state index contributed by atoms with van der Waals surface area (Å²) in [5.41, 5.74) is 6.19. The summed E-state index contributed by atoms with van der Waals surface area (Å²) in [5.74, 6) is -3.23. The fraction of sp³-hybridized carbons (Fsp3) is 0.350. The van der Waals surface area contributed by atoms with Crippen molar-refractivity contribution in [3.05, 3.63) is 61.9 Å². The Balaban J connectivity index is 2.32. The number of carbonyl (C=O) groups is 3. The average molecular weight is 447 g/mol. The van der Waals surface area contributed by atoms with Crippen LogP contribution in [0.25, 0.3) is 0 Å². The Kier molecular flexibility index (Phi) is 6.34.